The smallest absolute Gasteiger partial charge is 0.227 e. The molecule has 0 saturated carbocycles. The number of furan rings is 1. The number of hydrogen-bond donors (Lipinski definition) is 0. The maximum absolute atomic E-state index is 12.3. The highest BCUT2D eigenvalue weighted by Gasteiger charge is 2.20. The molecule has 7 nitrogen and oxygen atoms in total. The van der Waals surface area contributed by atoms with Crippen LogP contribution in [0.1, 0.15) is 31.0 Å². The Kier molecular flexibility index (Phi) is 4.69. The van der Waals surface area contributed by atoms with Gasteiger partial charge in [-0.3, -0.25) is 9.78 Å². The minimum absolute atomic E-state index is 0.0115. The van der Waals surface area contributed by atoms with E-state index in [1.165, 1.54) is 0 Å². The summed E-state index contributed by atoms with van der Waals surface area (Å²) in [5.41, 5.74) is 0.829. The first kappa shape index (κ1) is 15.9. The standard InChI is InChI=1S/C17H18N4O3/c1-12(14-4-3-11-23-14)21(2)16(22)6-5-15-19-17(20-24-15)13-7-9-18-10-8-13/h3-4,7-12H,5-6H2,1-2H3. The van der Waals surface area contributed by atoms with E-state index < -0.39 is 0 Å². The molecule has 0 aliphatic rings. The zero-order chi connectivity index (χ0) is 16.9. The molecule has 124 valence electrons. The van der Waals surface area contributed by atoms with Crippen molar-refractivity contribution >= 4 is 5.91 Å². The van der Waals surface area contributed by atoms with Crippen LogP contribution in [-0.2, 0) is 11.2 Å². The molecule has 7 heteroatoms. The van der Waals surface area contributed by atoms with Gasteiger partial charge in [-0.05, 0) is 31.2 Å². The van der Waals surface area contributed by atoms with Gasteiger partial charge in [0.1, 0.15) is 5.76 Å². The second-order valence-corrected chi connectivity index (χ2v) is 5.44. The molecule has 0 fully saturated rings. The fourth-order valence-corrected chi connectivity index (χ4v) is 2.30. The van der Waals surface area contributed by atoms with Gasteiger partial charge in [0.2, 0.25) is 17.6 Å². The van der Waals surface area contributed by atoms with E-state index in [-0.39, 0.29) is 11.9 Å². The zero-order valence-corrected chi connectivity index (χ0v) is 13.5. The lowest BCUT2D eigenvalue weighted by Crippen LogP contribution is -2.29. The van der Waals surface area contributed by atoms with Crippen molar-refractivity contribution in [2.45, 2.75) is 25.8 Å². The molecule has 3 rings (SSSR count). The molecule has 0 radical (unpaired) electrons. The summed E-state index contributed by atoms with van der Waals surface area (Å²) in [7, 11) is 1.76. The van der Waals surface area contributed by atoms with Gasteiger partial charge in [0.05, 0.1) is 12.3 Å². The van der Waals surface area contributed by atoms with Gasteiger partial charge >= 0.3 is 0 Å². The molecular weight excluding hydrogens is 308 g/mol. The van der Waals surface area contributed by atoms with Crippen LogP contribution in [-0.4, -0.2) is 33.0 Å². The first-order chi connectivity index (χ1) is 11.6. The molecule has 0 aliphatic heterocycles. The van der Waals surface area contributed by atoms with E-state index in [4.69, 9.17) is 8.94 Å². The van der Waals surface area contributed by atoms with Crippen LogP contribution in [0.2, 0.25) is 0 Å². The summed E-state index contributed by atoms with van der Waals surface area (Å²) in [6.07, 6.45) is 5.62. The van der Waals surface area contributed by atoms with Crippen LogP contribution in [0.3, 0.4) is 0 Å². The number of rotatable bonds is 6. The minimum atomic E-state index is -0.123. The Labute approximate surface area is 139 Å². The van der Waals surface area contributed by atoms with Crippen LogP contribution in [0, 0.1) is 0 Å². The molecule has 0 aliphatic carbocycles. The van der Waals surface area contributed by atoms with E-state index >= 15 is 0 Å². The van der Waals surface area contributed by atoms with Crippen molar-refractivity contribution in [2.24, 2.45) is 0 Å². The van der Waals surface area contributed by atoms with E-state index in [0.717, 1.165) is 11.3 Å². The van der Waals surface area contributed by atoms with Crippen molar-refractivity contribution < 1.29 is 13.7 Å². The van der Waals surface area contributed by atoms with Gasteiger partial charge < -0.3 is 13.8 Å². The van der Waals surface area contributed by atoms with Gasteiger partial charge in [-0.25, -0.2) is 0 Å². The number of aryl methyl sites for hydroxylation is 1. The van der Waals surface area contributed by atoms with Crippen LogP contribution in [0.25, 0.3) is 11.4 Å². The highest BCUT2D eigenvalue weighted by Crippen LogP contribution is 2.20. The molecule has 0 saturated heterocycles. The van der Waals surface area contributed by atoms with E-state index in [2.05, 4.69) is 15.1 Å². The fourth-order valence-electron chi connectivity index (χ4n) is 2.30. The fraction of sp³-hybridized carbons (Fsp3) is 0.294. The van der Waals surface area contributed by atoms with E-state index in [1.54, 1.807) is 42.7 Å². The maximum atomic E-state index is 12.3. The largest absolute Gasteiger partial charge is 0.467 e. The molecule has 0 bridgehead atoms. The Morgan fingerprint density at radius 2 is 2.08 bits per heavy atom. The first-order valence-corrected chi connectivity index (χ1v) is 7.67. The van der Waals surface area contributed by atoms with Crippen molar-refractivity contribution in [1.29, 1.82) is 0 Å². The van der Waals surface area contributed by atoms with Crippen molar-refractivity contribution in [1.82, 2.24) is 20.0 Å². The van der Waals surface area contributed by atoms with Crippen LogP contribution in [0.5, 0.6) is 0 Å². The topological polar surface area (TPSA) is 85.3 Å². The minimum Gasteiger partial charge on any atom is -0.467 e. The third-order valence-electron chi connectivity index (χ3n) is 3.89. The molecule has 1 atom stereocenters. The number of carbonyl (C=O) groups excluding carboxylic acids is 1. The van der Waals surface area contributed by atoms with Gasteiger partial charge in [0.15, 0.2) is 0 Å². The summed E-state index contributed by atoms with van der Waals surface area (Å²) >= 11 is 0. The summed E-state index contributed by atoms with van der Waals surface area (Å²) in [4.78, 5) is 22.2. The van der Waals surface area contributed by atoms with Gasteiger partial charge in [0, 0.05) is 37.8 Å². The van der Waals surface area contributed by atoms with Crippen molar-refractivity contribution in [3.05, 3.63) is 54.6 Å². The third kappa shape index (κ3) is 3.51. The quantitative estimate of drug-likeness (QED) is 0.692. The second kappa shape index (κ2) is 7.08. The van der Waals surface area contributed by atoms with Gasteiger partial charge in [-0.2, -0.15) is 4.98 Å². The van der Waals surface area contributed by atoms with Crippen LogP contribution in [0.15, 0.2) is 51.9 Å². The number of hydrogen-bond acceptors (Lipinski definition) is 6. The highest BCUT2D eigenvalue weighted by molar-refractivity contribution is 5.76. The highest BCUT2D eigenvalue weighted by atomic mass is 16.5. The van der Waals surface area contributed by atoms with E-state index in [0.29, 0.717) is 24.6 Å². The van der Waals surface area contributed by atoms with Crippen molar-refractivity contribution in [3.8, 4) is 11.4 Å². The average Bonchev–Trinajstić information content (AvgIpc) is 3.31. The SMILES string of the molecule is CC(c1ccco1)N(C)C(=O)CCc1nc(-c2ccncc2)no1. The normalized spacial score (nSPS) is 12.1. The average molecular weight is 326 g/mol. The molecule has 24 heavy (non-hydrogen) atoms. The molecule has 3 aromatic heterocycles. The maximum Gasteiger partial charge on any atom is 0.227 e. The number of carbonyl (C=O) groups is 1. The Morgan fingerprint density at radius 3 is 2.79 bits per heavy atom. The van der Waals surface area contributed by atoms with Crippen LogP contribution in [0.4, 0.5) is 0 Å². The van der Waals surface area contributed by atoms with Crippen LogP contribution < -0.4 is 0 Å². The van der Waals surface area contributed by atoms with Crippen LogP contribution >= 0.6 is 0 Å². The lowest BCUT2D eigenvalue weighted by atomic mass is 10.2. The van der Waals surface area contributed by atoms with E-state index in [9.17, 15) is 4.79 Å². The van der Waals surface area contributed by atoms with Gasteiger partial charge in [-0.15, -0.1) is 0 Å². The Bertz CT molecular complexity index is 783. The second-order valence-electron chi connectivity index (χ2n) is 5.44. The third-order valence-corrected chi connectivity index (χ3v) is 3.89. The Balaban J connectivity index is 1.58. The van der Waals surface area contributed by atoms with Gasteiger partial charge in [-0.1, -0.05) is 5.16 Å². The summed E-state index contributed by atoms with van der Waals surface area (Å²) in [5, 5.41) is 3.93. The predicted molar refractivity (Wildman–Crippen MR) is 85.7 cm³/mol. The lowest BCUT2D eigenvalue weighted by Gasteiger charge is -2.23. The molecule has 1 unspecified atom stereocenters. The van der Waals surface area contributed by atoms with Crippen molar-refractivity contribution in [3.63, 3.8) is 0 Å². The van der Waals surface area contributed by atoms with Crippen molar-refractivity contribution in [2.75, 3.05) is 7.05 Å². The number of aromatic nitrogens is 3. The molecule has 0 N–H and O–H groups in total. The Hall–Kier alpha value is -2.96. The summed E-state index contributed by atoms with van der Waals surface area (Å²) in [5.74, 6) is 1.68. The Morgan fingerprint density at radius 1 is 1.29 bits per heavy atom. The predicted octanol–water partition coefficient (Wildman–Crippen LogP) is 2.88. The number of amides is 1. The number of pyridine rings is 1. The molecular formula is C17H18N4O3. The van der Waals surface area contributed by atoms with E-state index in [1.807, 2.05) is 19.1 Å². The molecule has 0 spiro atoms. The lowest BCUT2D eigenvalue weighted by molar-refractivity contribution is -0.132. The molecule has 1 amide bonds. The zero-order valence-electron chi connectivity index (χ0n) is 13.5. The monoisotopic (exact) mass is 326 g/mol. The summed E-state index contributed by atoms with van der Waals surface area (Å²) in [6.45, 7) is 1.92. The van der Waals surface area contributed by atoms with Gasteiger partial charge in [0.25, 0.3) is 0 Å². The molecule has 0 aromatic carbocycles. The summed E-state index contributed by atoms with van der Waals surface area (Å²) in [6, 6.07) is 7.15. The summed E-state index contributed by atoms with van der Waals surface area (Å²) < 4.78 is 10.6. The number of nitrogens with zero attached hydrogens (tertiary/aromatic N) is 4. The molecule has 3 heterocycles. The molecule has 3 aromatic rings. The first-order valence-electron chi connectivity index (χ1n) is 7.67.